The van der Waals surface area contributed by atoms with Gasteiger partial charge >= 0.3 is 0 Å². The third kappa shape index (κ3) is 5.51. The normalized spacial score (nSPS) is 19.9. The first kappa shape index (κ1) is 26.1. The van der Waals surface area contributed by atoms with Gasteiger partial charge in [0.2, 0.25) is 11.7 Å². The van der Waals surface area contributed by atoms with Crippen molar-refractivity contribution in [2.75, 3.05) is 37.8 Å². The topological polar surface area (TPSA) is 121 Å². The van der Waals surface area contributed by atoms with E-state index in [1.165, 1.54) is 30.0 Å². The number of rotatable bonds is 6. The van der Waals surface area contributed by atoms with Crippen molar-refractivity contribution in [3.05, 3.63) is 46.9 Å². The third-order valence-electron chi connectivity index (χ3n) is 7.31. The Morgan fingerprint density at radius 2 is 1.76 bits per heavy atom. The molecule has 0 radical (unpaired) electrons. The summed E-state index contributed by atoms with van der Waals surface area (Å²) < 4.78 is 5.85. The standard InChI is InChI=1S/C27H31ClN6O4/c1-33(2)27(37)19-10-11-20-22(30-19)23(24(38-20)26(36)31-21-12-7-17(28)15-29-21)32-25(35)16-5-8-18(9-6-16)34-13-3-4-14-34/h7,10-12,15-16,18H,3-6,8-9,13-14H2,1-2H3,(H,32,35)(H,29,31,36). The van der Waals surface area contributed by atoms with E-state index in [9.17, 15) is 14.4 Å². The van der Waals surface area contributed by atoms with E-state index in [4.69, 9.17) is 16.0 Å². The van der Waals surface area contributed by atoms with Crippen molar-refractivity contribution in [2.45, 2.75) is 44.6 Å². The molecule has 1 aliphatic carbocycles. The predicted molar refractivity (Wildman–Crippen MR) is 144 cm³/mol. The molecule has 4 heterocycles. The molecular formula is C27H31ClN6O4. The Balaban J connectivity index is 1.41. The maximum atomic E-state index is 13.4. The fourth-order valence-electron chi connectivity index (χ4n) is 5.26. The molecule has 38 heavy (non-hydrogen) atoms. The molecule has 0 bridgehead atoms. The van der Waals surface area contributed by atoms with Gasteiger partial charge in [0.15, 0.2) is 5.58 Å². The Bertz CT molecular complexity index is 1340. The van der Waals surface area contributed by atoms with E-state index in [1.54, 1.807) is 32.3 Å². The van der Waals surface area contributed by atoms with Gasteiger partial charge in [-0.2, -0.15) is 0 Å². The van der Waals surface area contributed by atoms with Crippen LogP contribution in [0, 0.1) is 5.92 Å². The highest BCUT2D eigenvalue weighted by molar-refractivity contribution is 6.30. The summed E-state index contributed by atoms with van der Waals surface area (Å²) >= 11 is 5.90. The lowest BCUT2D eigenvalue weighted by Crippen LogP contribution is -2.38. The van der Waals surface area contributed by atoms with Crippen molar-refractivity contribution in [1.29, 1.82) is 0 Å². The van der Waals surface area contributed by atoms with Crippen LogP contribution in [0.2, 0.25) is 5.02 Å². The van der Waals surface area contributed by atoms with Crippen LogP contribution < -0.4 is 10.6 Å². The van der Waals surface area contributed by atoms with E-state index in [0.29, 0.717) is 11.1 Å². The Hall–Kier alpha value is -3.50. The Labute approximate surface area is 225 Å². The number of hydrogen-bond donors (Lipinski definition) is 2. The molecule has 3 aromatic rings. The summed E-state index contributed by atoms with van der Waals surface area (Å²) in [6.45, 7) is 2.28. The Kier molecular flexibility index (Phi) is 7.62. The molecule has 11 heteroatoms. The van der Waals surface area contributed by atoms with Gasteiger partial charge in [0, 0.05) is 32.3 Å². The average Bonchev–Trinajstić information content (AvgIpc) is 3.58. The minimum Gasteiger partial charge on any atom is -0.447 e. The Morgan fingerprint density at radius 1 is 1.03 bits per heavy atom. The number of carbonyl (C=O) groups is 3. The first-order chi connectivity index (χ1) is 18.3. The van der Waals surface area contributed by atoms with Crippen LogP contribution in [0.1, 0.15) is 59.6 Å². The molecule has 2 aliphatic rings. The van der Waals surface area contributed by atoms with Crippen molar-refractivity contribution < 1.29 is 18.8 Å². The molecule has 0 aromatic carbocycles. The number of amides is 3. The Morgan fingerprint density at radius 3 is 2.42 bits per heavy atom. The average molecular weight is 539 g/mol. The summed E-state index contributed by atoms with van der Waals surface area (Å²) in [7, 11) is 3.26. The van der Waals surface area contributed by atoms with E-state index in [1.807, 2.05) is 0 Å². The number of furan rings is 1. The molecule has 0 unspecified atom stereocenters. The van der Waals surface area contributed by atoms with Crippen LogP contribution in [0.15, 0.2) is 34.9 Å². The number of aromatic nitrogens is 2. The minimum absolute atomic E-state index is 0.113. The van der Waals surface area contributed by atoms with E-state index >= 15 is 0 Å². The molecule has 3 aromatic heterocycles. The van der Waals surface area contributed by atoms with Crippen LogP contribution >= 0.6 is 11.6 Å². The summed E-state index contributed by atoms with van der Waals surface area (Å²) in [5, 5.41) is 6.02. The van der Waals surface area contributed by atoms with Crippen LogP contribution in [0.25, 0.3) is 11.1 Å². The van der Waals surface area contributed by atoms with Gasteiger partial charge in [0.25, 0.3) is 11.8 Å². The van der Waals surface area contributed by atoms with Crippen molar-refractivity contribution in [3.63, 3.8) is 0 Å². The molecular weight excluding hydrogens is 508 g/mol. The quantitative estimate of drug-likeness (QED) is 0.476. The van der Waals surface area contributed by atoms with Gasteiger partial charge < -0.3 is 24.9 Å². The molecule has 2 N–H and O–H groups in total. The minimum atomic E-state index is -0.605. The first-order valence-corrected chi connectivity index (χ1v) is 13.3. The van der Waals surface area contributed by atoms with Crippen LogP contribution in [0.3, 0.4) is 0 Å². The summed E-state index contributed by atoms with van der Waals surface area (Å²) in [5.41, 5.74) is 0.844. The van der Waals surface area contributed by atoms with E-state index in [-0.39, 0.29) is 51.8 Å². The third-order valence-corrected chi connectivity index (χ3v) is 7.53. The van der Waals surface area contributed by atoms with Gasteiger partial charge in [-0.15, -0.1) is 0 Å². The van der Waals surface area contributed by atoms with Gasteiger partial charge in [-0.3, -0.25) is 14.4 Å². The number of fused-ring (bicyclic) bond motifs is 1. The molecule has 1 aliphatic heterocycles. The molecule has 200 valence electrons. The largest absolute Gasteiger partial charge is 0.447 e. The zero-order valence-corrected chi connectivity index (χ0v) is 22.3. The summed E-state index contributed by atoms with van der Waals surface area (Å²) in [5.74, 6) is -1.11. The second-order valence-electron chi connectivity index (χ2n) is 10.1. The number of carbonyl (C=O) groups excluding carboxylic acids is 3. The highest BCUT2D eigenvalue weighted by Crippen LogP contribution is 2.34. The maximum absolute atomic E-state index is 13.4. The van der Waals surface area contributed by atoms with Gasteiger partial charge in [0.05, 0.1) is 5.02 Å². The molecule has 3 amide bonds. The SMILES string of the molecule is CN(C)C(=O)c1ccc2oc(C(=O)Nc3ccc(Cl)cn3)c(NC(=O)C3CCC(N4CCCC4)CC3)c2n1. The molecule has 1 saturated heterocycles. The number of likely N-dealkylation sites (tertiary alicyclic amines) is 1. The number of halogens is 1. The van der Waals surface area contributed by atoms with Crippen molar-refractivity contribution in [2.24, 2.45) is 5.92 Å². The van der Waals surface area contributed by atoms with Crippen LogP contribution in [-0.2, 0) is 4.79 Å². The lowest BCUT2D eigenvalue weighted by Gasteiger charge is -2.33. The van der Waals surface area contributed by atoms with E-state index < -0.39 is 5.91 Å². The second-order valence-corrected chi connectivity index (χ2v) is 10.5. The smallest absolute Gasteiger partial charge is 0.294 e. The summed E-state index contributed by atoms with van der Waals surface area (Å²) in [4.78, 5) is 51.7. The number of pyridine rings is 2. The molecule has 10 nitrogen and oxygen atoms in total. The van der Waals surface area contributed by atoms with Gasteiger partial charge in [-0.05, 0) is 75.9 Å². The first-order valence-electron chi connectivity index (χ1n) is 12.9. The molecule has 5 rings (SSSR count). The summed E-state index contributed by atoms with van der Waals surface area (Å²) in [6.07, 6.45) is 7.40. The fourth-order valence-corrected chi connectivity index (χ4v) is 5.37. The van der Waals surface area contributed by atoms with Crippen LogP contribution in [0.4, 0.5) is 11.5 Å². The van der Waals surface area contributed by atoms with Crippen molar-refractivity contribution in [1.82, 2.24) is 19.8 Å². The van der Waals surface area contributed by atoms with Gasteiger partial charge in [-0.25, -0.2) is 9.97 Å². The summed E-state index contributed by atoms with van der Waals surface area (Å²) in [6, 6.07) is 6.80. The molecule has 0 atom stereocenters. The van der Waals surface area contributed by atoms with Crippen LogP contribution in [0.5, 0.6) is 0 Å². The van der Waals surface area contributed by atoms with Crippen LogP contribution in [-0.4, -0.2) is 70.7 Å². The monoisotopic (exact) mass is 538 g/mol. The lowest BCUT2D eigenvalue weighted by molar-refractivity contribution is -0.121. The van der Waals surface area contributed by atoms with E-state index in [2.05, 4.69) is 25.5 Å². The van der Waals surface area contributed by atoms with Gasteiger partial charge in [0.1, 0.15) is 22.7 Å². The fraction of sp³-hybridized carbons (Fsp3) is 0.444. The highest BCUT2D eigenvalue weighted by Gasteiger charge is 2.32. The number of hydrogen-bond acceptors (Lipinski definition) is 7. The lowest BCUT2D eigenvalue weighted by atomic mass is 9.85. The molecule has 0 spiro atoms. The zero-order valence-electron chi connectivity index (χ0n) is 21.5. The second kappa shape index (κ2) is 11.1. The highest BCUT2D eigenvalue weighted by atomic mass is 35.5. The number of anilines is 2. The number of nitrogens with zero attached hydrogens (tertiary/aromatic N) is 4. The van der Waals surface area contributed by atoms with Crippen molar-refractivity contribution >= 4 is 51.9 Å². The zero-order chi connectivity index (χ0) is 26.8. The van der Waals surface area contributed by atoms with Crippen molar-refractivity contribution in [3.8, 4) is 0 Å². The predicted octanol–water partition coefficient (Wildman–Crippen LogP) is 4.42. The van der Waals surface area contributed by atoms with E-state index in [0.717, 1.165) is 38.8 Å². The number of nitrogens with one attached hydrogen (secondary N) is 2. The maximum Gasteiger partial charge on any atom is 0.294 e. The molecule has 1 saturated carbocycles. The van der Waals surface area contributed by atoms with Gasteiger partial charge in [-0.1, -0.05) is 11.6 Å². The molecule has 2 fully saturated rings.